The van der Waals surface area contributed by atoms with Gasteiger partial charge in [0.05, 0.1) is 0 Å². The zero-order valence-corrected chi connectivity index (χ0v) is 11.9. The average Bonchev–Trinajstić information content (AvgIpc) is 2.42. The number of aliphatic carboxylic acids is 2. The van der Waals surface area contributed by atoms with E-state index in [1.807, 2.05) is 0 Å². The lowest BCUT2D eigenvalue weighted by Gasteiger charge is -2.05. The van der Waals surface area contributed by atoms with E-state index in [4.69, 9.17) is 21.8 Å². The van der Waals surface area contributed by atoms with Crippen molar-refractivity contribution in [3.63, 3.8) is 0 Å². The van der Waals surface area contributed by atoms with Crippen LogP contribution in [-0.4, -0.2) is 43.9 Å². The van der Waals surface area contributed by atoms with Crippen LogP contribution in [0.5, 0.6) is 0 Å². The maximum absolute atomic E-state index is 11.4. The van der Waals surface area contributed by atoms with Gasteiger partial charge in [0.1, 0.15) is 11.0 Å². The molecule has 0 fully saturated rings. The summed E-state index contributed by atoms with van der Waals surface area (Å²) < 4.78 is 0. The third-order valence-corrected chi connectivity index (χ3v) is 2.13. The monoisotopic (exact) mass is 340 g/mol. The van der Waals surface area contributed by atoms with Crippen LogP contribution in [0.3, 0.4) is 0 Å². The van der Waals surface area contributed by atoms with Gasteiger partial charge in [-0.3, -0.25) is 14.9 Å². The molecule has 11 heteroatoms. The first kappa shape index (κ1) is 17.8. The van der Waals surface area contributed by atoms with Crippen LogP contribution in [0, 0.1) is 0 Å². The number of anilines is 2. The minimum atomic E-state index is -1.31. The average molecular weight is 341 g/mol. The summed E-state index contributed by atoms with van der Waals surface area (Å²) in [5.74, 6) is -4.61. The molecule has 120 valence electrons. The van der Waals surface area contributed by atoms with Gasteiger partial charge in [-0.1, -0.05) is 11.6 Å². The number of rotatable bonds is 6. The molecule has 0 spiro atoms. The van der Waals surface area contributed by atoms with Crippen LogP contribution in [0.1, 0.15) is 0 Å². The first-order chi connectivity index (χ1) is 10.8. The number of nitrogens with one attached hydrogen (secondary N) is 2. The van der Waals surface area contributed by atoms with Crippen LogP contribution < -0.4 is 10.6 Å². The molecule has 2 amide bonds. The van der Waals surface area contributed by atoms with Gasteiger partial charge in [-0.25, -0.2) is 14.6 Å². The molecule has 4 N–H and O–H groups in total. The van der Waals surface area contributed by atoms with Gasteiger partial charge in [-0.15, -0.1) is 0 Å². The number of amides is 2. The highest BCUT2D eigenvalue weighted by Crippen LogP contribution is 2.14. The Bertz CT molecular complexity index is 659. The first-order valence-corrected chi connectivity index (χ1v) is 6.12. The van der Waals surface area contributed by atoms with Crippen molar-refractivity contribution in [1.82, 2.24) is 9.97 Å². The van der Waals surface area contributed by atoms with Gasteiger partial charge < -0.3 is 15.5 Å². The highest BCUT2D eigenvalue weighted by molar-refractivity contribution is 6.29. The van der Waals surface area contributed by atoms with Gasteiger partial charge >= 0.3 is 11.9 Å². The summed E-state index contributed by atoms with van der Waals surface area (Å²) in [5.41, 5.74) is 0. The van der Waals surface area contributed by atoms with Crippen molar-refractivity contribution in [3.8, 4) is 0 Å². The van der Waals surface area contributed by atoms with Crippen LogP contribution in [0.2, 0.25) is 5.15 Å². The van der Waals surface area contributed by atoms with E-state index in [9.17, 15) is 19.2 Å². The second kappa shape index (κ2) is 8.24. The number of halogens is 1. The summed E-state index contributed by atoms with van der Waals surface area (Å²) >= 11 is 5.69. The zero-order valence-electron chi connectivity index (χ0n) is 11.2. The lowest BCUT2D eigenvalue weighted by molar-refractivity contribution is -0.132. The third kappa shape index (κ3) is 7.34. The van der Waals surface area contributed by atoms with Crippen molar-refractivity contribution in [2.75, 3.05) is 10.6 Å². The maximum atomic E-state index is 11.4. The van der Waals surface area contributed by atoms with Crippen LogP contribution in [0.15, 0.2) is 30.4 Å². The Balaban J connectivity index is 2.83. The quantitative estimate of drug-likeness (QED) is 0.424. The highest BCUT2D eigenvalue weighted by Gasteiger charge is 2.08. The van der Waals surface area contributed by atoms with Crippen molar-refractivity contribution in [2.24, 2.45) is 0 Å². The fourth-order valence-electron chi connectivity index (χ4n) is 1.15. The van der Waals surface area contributed by atoms with Gasteiger partial charge in [-0.2, -0.15) is 4.98 Å². The van der Waals surface area contributed by atoms with Gasteiger partial charge in [0.25, 0.3) is 5.91 Å². The maximum Gasteiger partial charge on any atom is 0.328 e. The predicted molar refractivity (Wildman–Crippen MR) is 77.9 cm³/mol. The van der Waals surface area contributed by atoms with E-state index in [0.717, 1.165) is 18.2 Å². The lowest BCUT2D eigenvalue weighted by atomic mass is 10.4. The van der Waals surface area contributed by atoms with Crippen molar-refractivity contribution in [2.45, 2.75) is 0 Å². The summed E-state index contributed by atoms with van der Waals surface area (Å²) in [6.07, 6.45) is 2.73. The van der Waals surface area contributed by atoms with Crippen LogP contribution in [0.25, 0.3) is 0 Å². The van der Waals surface area contributed by atoms with E-state index in [1.54, 1.807) is 0 Å². The van der Waals surface area contributed by atoms with E-state index in [1.165, 1.54) is 0 Å². The molecule has 0 saturated heterocycles. The number of carbonyl (C=O) groups excluding carboxylic acids is 2. The van der Waals surface area contributed by atoms with Crippen molar-refractivity contribution >= 4 is 47.1 Å². The van der Waals surface area contributed by atoms with E-state index >= 15 is 0 Å². The Kier molecular flexibility index (Phi) is 6.37. The first-order valence-electron chi connectivity index (χ1n) is 5.75. The number of carboxylic acid groups (broad SMARTS) is 2. The number of hydrogen-bond acceptors (Lipinski definition) is 6. The minimum absolute atomic E-state index is 0.0949. The zero-order chi connectivity index (χ0) is 17.4. The second-order valence-corrected chi connectivity index (χ2v) is 4.11. The van der Waals surface area contributed by atoms with Crippen molar-refractivity contribution in [1.29, 1.82) is 0 Å². The minimum Gasteiger partial charge on any atom is -0.478 e. The predicted octanol–water partition coefficient (Wildman–Crippen LogP) is 0.289. The van der Waals surface area contributed by atoms with E-state index in [0.29, 0.717) is 12.2 Å². The molecular formula is C12H9ClN4O6. The molecule has 0 aliphatic carbocycles. The normalized spacial score (nSPS) is 10.7. The SMILES string of the molecule is O=C(O)/C=C\C(=O)Nc1cc(Cl)nc(NC(=O)/C=C/C(=O)O)n1. The fraction of sp³-hybridized carbons (Fsp3) is 0. The van der Waals surface area contributed by atoms with E-state index in [-0.39, 0.29) is 16.9 Å². The van der Waals surface area contributed by atoms with Gasteiger partial charge in [0.15, 0.2) is 0 Å². The van der Waals surface area contributed by atoms with Crippen molar-refractivity contribution < 1.29 is 29.4 Å². The van der Waals surface area contributed by atoms with E-state index in [2.05, 4.69) is 20.6 Å². The number of carbonyl (C=O) groups is 4. The summed E-state index contributed by atoms with van der Waals surface area (Å²) in [5, 5.41) is 21.0. The molecule has 1 rings (SSSR count). The summed E-state index contributed by atoms with van der Waals surface area (Å²) in [7, 11) is 0. The molecule has 10 nitrogen and oxygen atoms in total. The number of nitrogens with zero attached hydrogens (tertiary/aromatic N) is 2. The molecule has 0 aliphatic heterocycles. The Morgan fingerprint density at radius 1 is 0.913 bits per heavy atom. The molecule has 0 radical (unpaired) electrons. The number of hydrogen-bond donors (Lipinski definition) is 4. The summed E-state index contributed by atoms with van der Waals surface area (Å²) in [4.78, 5) is 50.8. The molecule has 0 atom stereocenters. The molecule has 0 saturated carbocycles. The standard InChI is InChI=1S/C12H9ClN4O6/c13-6-5-7(15-8(18)1-3-10(20)21)16-12(14-6)17-9(19)2-4-11(22)23/h1-5H,(H,20,21)(H,22,23)(H2,14,15,16,17,18,19)/b3-1-,4-2+. The Morgan fingerprint density at radius 2 is 1.43 bits per heavy atom. The topological polar surface area (TPSA) is 159 Å². The van der Waals surface area contributed by atoms with E-state index < -0.39 is 23.8 Å². The molecular weight excluding hydrogens is 332 g/mol. The highest BCUT2D eigenvalue weighted by atomic mass is 35.5. The van der Waals surface area contributed by atoms with Crippen LogP contribution in [-0.2, 0) is 19.2 Å². The largest absolute Gasteiger partial charge is 0.478 e. The molecule has 1 heterocycles. The molecule has 0 unspecified atom stereocenters. The smallest absolute Gasteiger partial charge is 0.328 e. The molecule has 1 aromatic heterocycles. The third-order valence-electron chi connectivity index (χ3n) is 1.94. The number of carboxylic acids is 2. The molecule has 0 aliphatic rings. The number of aromatic nitrogens is 2. The Hall–Kier alpha value is -3.27. The van der Waals surface area contributed by atoms with Crippen LogP contribution in [0.4, 0.5) is 11.8 Å². The fourth-order valence-corrected chi connectivity index (χ4v) is 1.33. The Morgan fingerprint density at radius 3 is 1.96 bits per heavy atom. The van der Waals surface area contributed by atoms with Crippen molar-refractivity contribution in [3.05, 3.63) is 35.5 Å². The molecule has 23 heavy (non-hydrogen) atoms. The molecule has 0 aromatic carbocycles. The van der Waals surface area contributed by atoms with Crippen LogP contribution >= 0.6 is 11.6 Å². The second-order valence-electron chi connectivity index (χ2n) is 3.72. The molecule has 0 bridgehead atoms. The summed E-state index contributed by atoms with van der Waals surface area (Å²) in [6.45, 7) is 0. The summed E-state index contributed by atoms with van der Waals surface area (Å²) in [6, 6.07) is 1.16. The van der Waals surface area contributed by atoms with Gasteiger partial charge in [0.2, 0.25) is 11.9 Å². The Labute approximate surface area is 133 Å². The van der Waals surface area contributed by atoms with Gasteiger partial charge in [0, 0.05) is 30.4 Å². The molecule has 1 aromatic rings. The van der Waals surface area contributed by atoms with Gasteiger partial charge in [-0.05, 0) is 0 Å². The lowest BCUT2D eigenvalue weighted by Crippen LogP contribution is -2.14.